The van der Waals surface area contributed by atoms with Crippen LogP contribution in [0, 0.1) is 5.92 Å². The van der Waals surface area contributed by atoms with Crippen molar-refractivity contribution in [2.45, 2.75) is 57.5 Å². The highest BCUT2D eigenvalue weighted by molar-refractivity contribution is 5.17. The summed E-state index contributed by atoms with van der Waals surface area (Å²) in [5.41, 5.74) is 2.26. The van der Waals surface area contributed by atoms with Gasteiger partial charge in [0.05, 0.1) is 23.8 Å². The van der Waals surface area contributed by atoms with Gasteiger partial charge in [0.1, 0.15) is 0 Å². The minimum absolute atomic E-state index is 0.0862. The number of aromatic amines is 1. The van der Waals surface area contributed by atoms with Gasteiger partial charge in [-0.15, -0.1) is 0 Å². The molecule has 3 heterocycles. The van der Waals surface area contributed by atoms with E-state index in [1.807, 2.05) is 0 Å². The molecule has 1 fully saturated rings. The highest BCUT2D eigenvalue weighted by Crippen LogP contribution is 2.35. The molecule has 1 saturated carbocycles. The number of rotatable bonds is 2. The van der Waals surface area contributed by atoms with Crippen LogP contribution in [0.25, 0.3) is 0 Å². The van der Waals surface area contributed by atoms with Crippen LogP contribution < -0.4 is 5.32 Å². The molecule has 2 aromatic heterocycles. The molecule has 2 N–H and O–H groups in total. The van der Waals surface area contributed by atoms with E-state index in [0.717, 1.165) is 36.1 Å². The Bertz CT molecular complexity index is 619. The second kappa shape index (κ2) is 5.26. The third-order valence-corrected chi connectivity index (χ3v) is 4.79. The Morgan fingerprint density at radius 2 is 2.29 bits per heavy atom. The van der Waals surface area contributed by atoms with Crippen LogP contribution in [-0.4, -0.2) is 20.1 Å². The Hall–Kier alpha value is -1.69. The molecule has 2 aliphatic rings. The van der Waals surface area contributed by atoms with E-state index in [1.165, 1.54) is 25.7 Å². The minimum atomic E-state index is 0.0862. The van der Waals surface area contributed by atoms with Gasteiger partial charge >= 0.3 is 0 Å². The second-order valence-corrected chi connectivity index (χ2v) is 6.42. The molecule has 0 spiro atoms. The van der Waals surface area contributed by atoms with Crippen molar-refractivity contribution in [3.05, 3.63) is 29.4 Å². The fraction of sp³-hybridized carbons (Fsp3) is 0.667. The van der Waals surface area contributed by atoms with E-state index in [9.17, 15) is 0 Å². The Morgan fingerprint density at radius 1 is 1.33 bits per heavy atom. The molecule has 6 heteroatoms. The average Bonchev–Trinajstić information content (AvgIpc) is 3.15. The zero-order valence-corrected chi connectivity index (χ0v) is 12.3. The van der Waals surface area contributed by atoms with Crippen molar-refractivity contribution in [1.29, 1.82) is 0 Å². The van der Waals surface area contributed by atoms with E-state index in [2.05, 4.69) is 32.3 Å². The predicted molar refractivity (Wildman–Crippen MR) is 76.5 cm³/mol. The number of fused-ring (bicyclic) bond motifs is 1. The van der Waals surface area contributed by atoms with E-state index in [0.29, 0.717) is 11.8 Å². The first-order valence-corrected chi connectivity index (χ1v) is 7.87. The van der Waals surface area contributed by atoms with Gasteiger partial charge < -0.3 is 9.51 Å². The Labute approximate surface area is 123 Å². The van der Waals surface area contributed by atoms with E-state index in [-0.39, 0.29) is 6.04 Å². The van der Waals surface area contributed by atoms with Gasteiger partial charge in [0.15, 0.2) is 5.82 Å². The first kappa shape index (κ1) is 13.0. The lowest BCUT2D eigenvalue weighted by molar-refractivity contribution is 0.303. The van der Waals surface area contributed by atoms with Crippen LogP contribution in [0.2, 0.25) is 0 Å². The van der Waals surface area contributed by atoms with Gasteiger partial charge in [-0.3, -0.25) is 5.32 Å². The molecule has 21 heavy (non-hydrogen) atoms. The van der Waals surface area contributed by atoms with Gasteiger partial charge in [0.25, 0.3) is 0 Å². The molecule has 0 radical (unpaired) electrons. The van der Waals surface area contributed by atoms with Crippen molar-refractivity contribution < 1.29 is 4.52 Å². The van der Waals surface area contributed by atoms with E-state index in [4.69, 9.17) is 4.52 Å². The van der Waals surface area contributed by atoms with Crippen LogP contribution in [0.15, 0.2) is 10.9 Å². The van der Waals surface area contributed by atoms with Gasteiger partial charge in [-0.2, -0.15) is 4.98 Å². The molecular weight excluding hydrogens is 266 g/mol. The number of nitrogens with one attached hydrogen (secondary N) is 2. The molecule has 0 amide bonds. The molecule has 0 saturated heterocycles. The molecule has 3 atom stereocenters. The molecule has 6 nitrogen and oxygen atoms in total. The number of nitrogens with zero attached hydrogens (tertiary/aromatic N) is 3. The van der Waals surface area contributed by atoms with Crippen LogP contribution in [-0.2, 0) is 13.0 Å². The average molecular weight is 287 g/mol. The summed E-state index contributed by atoms with van der Waals surface area (Å²) in [4.78, 5) is 12.2. The molecule has 112 valence electrons. The van der Waals surface area contributed by atoms with E-state index >= 15 is 0 Å². The standard InChI is InChI=1S/C15H21N5O/c1-9-3-2-4-10(5-9)14-19-15(21-20-14)12-6-11-13(7-16-12)18-8-17-11/h8-10,12,16H,2-7H2,1H3,(H,17,18). The van der Waals surface area contributed by atoms with Gasteiger partial charge in [-0.05, 0) is 18.8 Å². The molecule has 2 aromatic rings. The lowest BCUT2D eigenvalue weighted by Gasteiger charge is -2.24. The maximum Gasteiger partial charge on any atom is 0.244 e. The van der Waals surface area contributed by atoms with Crippen molar-refractivity contribution in [2.75, 3.05) is 0 Å². The highest BCUT2D eigenvalue weighted by atomic mass is 16.5. The summed E-state index contributed by atoms with van der Waals surface area (Å²) < 4.78 is 5.52. The maximum atomic E-state index is 5.52. The first-order valence-electron chi connectivity index (χ1n) is 7.87. The summed E-state index contributed by atoms with van der Waals surface area (Å²) in [6.45, 7) is 3.09. The van der Waals surface area contributed by atoms with Gasteiger partial charge in [0, 0.05) is 18.9 Å². The first-order chi connectivity index (χ1) is 10.3. The molecular formula is C15H21N5O. The smallest absolute Gasteiger partial charge is 0.244 e. The normalized spacial score (nSPS) is 29.3. The summed E-state index contributed by atoms with van der Waals surface area (Å²) in [6.07, 6.45) is 7.52. The Morgan fingerprint density at radius 3 is 3.19 bits per heavy atom. The van der Waals surface area contributed by atoms with Crippen LogP contribution in [0.5, 0.6) is 0 Å². The monoisotopic (exact) mass is 287 g/mol. The predicted octanol–water partition coefficient (Wildman–Crippen LogP) is 2.47. The fourth-order valence-corrected chi connectivity index (χ4v) is 3.57. The van der Waals surface area contributed by atoms with Crippen LogP contribution in [0.4, 0.5) is 0 Å². The topological polar surface area (TPSA) is 79.6 Å². The lowest BCUT2D eigenvalue weighted by atomic mass is 9.82. The summed E-state index contributed by atoms with van der Waals surface area (Å²) >= 11 is 0. The van der Waals surface area contributed by atoms with Crippen molar-refractivity contribution >= 4 is 0 Å². The highest BCUT2D eigenvalue weighted by Gasteiger charge is 2.29. The molecule has 0 aromatic carbocycles. The summed E-state index contributed by atoms with van der Waals surface area (Å²) in [6, 6.07) is 0.0862. The molecule has 4 rings (SSSR count). The maximum absolute atomic E-state index is 5.52. The quantitative estimate of drug-likeness (QED) is 0.887. The molecule has 1 aliphatic heterocycles. The third kappa shape index (κ3) is 2.48. The molecule has 0 bridgehead atoms. The van der Waals surface area contributed by atoms with Crippen molar-refractivity contribution in [3.63, 3.8) is 0 Å². The van der Waals surface area contributed by atoms with E-state index < -0.39 is 0 Å². The summed E-state index contributed by atoms with van der Waals surface area (Å²) in [7, 11) is 0. The van der Waals surface area contributed by atoms with Crippen molar-refractivity contribution in [1.82, 2.24) is 25.4 Å². The third-order valence-electron chi connectivity index (χ3n) is 4.79. The molecule has 3 unspecified atom stereocenters. The van der Waals surface area contributed by atoms with E-state index in [1.54, 1.807) is 6.33 Å². The zero-order chi connectivity index (χ0) is 14.2. The summed E-state index contributed by atoms with van der Waals surface area (Å²) in [5.74, 6) is 2.84. The number of hydrogen-bond donors (Lipinski definition) is 2. The Kier molecular flexibility index (Phi) is 3.25. The summed E-state index contributed by atoms with van der Waals surface area (Å²) in [5, 5.41) is 7.67. The Balaban J connectivity index is 1.50. The van der Waals surface area contributed by atoms with Crippen LogP contribution in [0.1, 0.15) is 67.7 Å². The number of hydrogen-bond acceptors (Lipinski definition) is 5. The molecule has 1 aliphatic carbocycles. The van der Waals surface area contributed by atoms with Gasteiger partial charge in [0.2, 0.25) is 5.89 Å². The minimum Gasteiger partial charge on any atom is -0.347 e. The van der Waals surface area contributed by atoms with Gasteiger partial charge in [-0.1, -0.05) is 24.9 Å². The number of imidazole rings is 1. The van der Waals surface area contributed by atoms with Crippen molar-refractivity contribution in [3.8, 4) is 0 Å². The second-order valence-electron chi connectivity index (χ2n) is 6.42. The largest absolute Gasteiger partial charge is 0.347 e. The SMILES string of the molecule is CC1CCCC(c2noc(C3Cc4nc[nH]c4CN3)n2)C1. The number of H-pyrrole nitrogens is 1. The van der Waals surface area contributed by atoms with Crippen LogP contribution >= 0.6 is 0 Å². The number of aromatic nitrogens is 4. The van der Waals surface area contributed by atoms with Gasteiger partial charge in [-0.25, -0.2) is 4.98 Å². The fourth-order valence-electron chi connectivity index (χ4n) is 3.57. The van der Waals surface area contributed by atoms with Crippen LogP contribution in [0.3, 0.4) is 0 Å². The van der Waals surface area contributed by atoms with Crippen molar-refractivity contribution in [2.24, 2.45) is 5.92 Å². The lowest BCUT2D eigenvalue weighted by Crippen LogP contribution is -2.28. The zero-order valence-electron chi connectivity index (χ0n) is 12.3.